The molecule has 0 aliphatic carbocycles. The van der Waals surface area contributed by atoms with Crippen LogP contribution < -0.4 is 9.80 Å². The van der Waals surface area contributed by atoms with Gasteiger partial charge >= 0.3 is 5.97 Å². The average molecular weight is 432 g/mol. The predicted octanol–water partition coefficient (Wildman–Crippen LogP) is 2.99. The first-order valence-electron chi connectivity index (χ1n) is 10.7. The monoisotopic (exact) mass is 432 g/mol. The van der Waals surface area contributed by atoms with Crippen molar-refractivity contribution in [1.29, 1.82) is 0 Å². The fourth-order valence-electron chi connectivity index (χ4n) is 4.37. The number of carbonyl (C=O) groups excluding carboxylic acids is 1. The summed E-state index contributed by atoms with van der Waals surface area (Å²) in [6.07, 6.45) is 2.30. The summed E-state index contributed by atoms with van der Waals surface area (Å²) in [5.41, 5.74) is 3.12. The summed E-state index contributed by atoms with van der Waals surface area (Å²) in [6.45, 7) is 5.68. The highest BCUT2D eigenvalue weighted by atomic mass is 16.4. The van der Waals surface area contributed by atoms with E-state index in [4.69, 9.17) is 4.98 Å². The first kappa shape index (κ1) is 20.2. The predicted molar refractivity (Wildman–Crippen MR) is 119 cm³/mol. The van der Waals surface area contributed by atoms with Gasteiger partial charge in [-0.3, -0.25) is 14.5 Å². The van der Waals surface area contributed by atoms with Gasteiger partial charge in [0.25, 0.3) is 5.91 Å². The Morgan fingerprint density at radius 1 is 1.22 bits per heavy atom. The van der Waals surface area contributed by atoms with Crippen LogP contribution in [0.2, 0.25) is 0 Å². The van der Waals surface area contributed by atoms with Crippen LogP contribution in [0.25, 0.3) is 11.5 Å². The molecule has 9 nitrogen and oxygen atoms in total. The molecule has 9 heteroatoms. The van der Waals surface area contributed by atoms with Crippen molar-refractivity contribution in [3.05, 3.63) is 53.9 Å². The highest BCUT2D eigenvalue weighted by Gasteiger charge is 2.32. The van der Waals surface area contributed by atoms with E-state index in [0.29, 0.717) is 49.0 Å². The minimum Gasteiger partial charge on any atom is -0.481 e. The molecule has 3 aromatic rings. The van der Waals surface area contributed by atoms with Gasteiger partial charge in [0.1, 0.15) is 17.8 Å². The fraction of sp³-hybridized carbons (Fsp3) is 0.348. The molecule has 2 aromatic heterocycles. The van der Waals surface area contributed by atoms with Crippen molar-refractivity contribution >= 4 is 23.4 Å². The number of rotatable bonds is 5. The van der Waals surface area contributed by atoms with Gasteiger partial charge in [0.2, 0.25) is 0 Å². The van der Waals surface area contributed by atoms with Gasteiger partial charge in [0, 0.05) is 30.4 Å². The maximum atomic E-state index is 13.2. The number of carboxylic acid groups (broad SMARTS) is 1. The maximum absolute atomic E-state index is 13.2. The molecule has 1 saturated heterocycles. The summed E-state index contributed by atoms with van der Waals surface area (Å²) in [4.78, 5) is 32.9. The molecule has 0 radical (unpaired) electrons. The lowest BCUT2D eigenvalue weighted by atomic mass is 10.1. The van der Waals surface area contributed by atoms with Crippen molar-refractivity contribution < 1.29 is 14.7 Å². The van der Waals surface area contributed by atoms with Crippen molar-refractivity contribution in [2.75, 3.05) is 22.9 Å². The van der Waals surface area contributed by atoms with Crippen LogP contribution in [0.3, 0.4) is 0 Å². The van der Waals surface area contributed by atoms with Gasteiger partial charge in [-0.05, 0) is 50.1 Å². The number of hydrogen-bond acceptors (Lipinski definition) is 6. The Bertz CT molecular complexity index is 1200. The molecule has 32 heavy (non-hydrogen) atoms. The fourth-order valence-corrected chi connectivity index (χ4v) is 4.37. The third kappa shape index (κ3) is 3.39. The molecule has 4 heterocycles. The normalized spacial score (nSPS) is 18.0. The topological polar surface area (TPSA) is 104 Å². The van der Waals surface area contributed by atoms with Crippen LogP contribution in [0.5, 0.6) is 0 Å². The van der Waals surface area contributed by atoms with Crippen LogP contribution >= 0.6 is 0 Å². The number of nitrogens with zero attached hydrogens (tertiary/aromatic N) is 6. The molecule has 0 bridgehead atoms. The van der Waals surface area contributed by atoms with Crippen molar-refractivity contribution in [2.45, 2.75) is 32.9 Å². The van der Waals surface area contributed by atoms with Gasteiger partial charge in [-0.2, -0.15) is 0 Å². The first-order chi connectivity index (χ1) is 15.4. The summed E-state index contributed by atoms with van der Waals surface area (Å²) in [5.74, 6) is -0.0118. The van der Waals surface area contributed by atoms with Gasteiger partial charge in [-0.15, -0.1) is 10.2 Å². The van der Waals surface area contributed by atoms with Gasteiger partial charge in [-0.1, -0.05) is 12.1 Å². The standard InChI is InChI=1S/C23H24N6O3/c1-14(2)29-13-24-26-21(29)19-4-3-5-20(25-19)28-12-15-6-7-17(10-18(15)22(28)30)27-9-8-16(11-27)23(31)32/h3-7,10,13-14,16H,8-9,11-12H2,1-2H3,(H,31,32). The molecule has 0 saturated carbocycles. The van der Waals surface area contributed by atoms with Gasteiger partial charge in [0.05, 0.1) is 12.5 Å². The second kappa shape index (κ2) is 7.74. The average Bonchev–Trinajstić information content (AvgIpc) is 3.52. The van der Waals surface area contributed by atoms with Gasteiger partial charge < -0.3 is 14.6 Å². The number of aromatic nitrogens is 4. The van der Waals surface area contributed by atoms with E-state index in [2.05, 4.69) is 10.2 Å². The molecule has 164 valence electrons. The minimum absolute atomic E-state index is 0.106. The number of carboxylic acids is 1. The third-order valence-electron chi connectivity index (χ3n) is 6.17. The molecule has 1 N–H and O–H groups in total. The number of benzene rings is 1. The minimum atomic E-state index is -0.768. The van der Waals surface area contributed by atoms with E-state index < -0.39 is 5.97 Å². The number of hydrogen-bond donors (Lipinski definition) is 1. The molecule has 2 aliphatic rings. The van der Waals surface area contributed by atoms with E-state index in [9.17, 15) is 14.7 Å². The SMILES string of the molecule is CC(C)n1cnnc1-c1cccc(N2Cc3ccc(N4CCC(C(=O)O)C4)cc3C2=O)n1. The number of fused-ring (bicyclic) bond motifs is 1. The van der Waals surface area contributed by atoms with Crippen LogP contribution in [-0.2, 0) is 11.3 Å². The lowest BCUT2D eigenvalue weighted by Gasteiger charge is -2.18. The van der Waals surface area contributed by atoms with Crippen LogP contribution in [0.1, 0.15) is 42.2 Å². The van der Waals surface area contributed by atoms with E-state index in [0.717, 1.165) is 11.3 Å². The van der Waals surface area contributed by atoms with Crippen molar-refractivity contribution in [2.24, 2.45) is 5.92 Å². The van der Waals surface area contributed by atoms with Crippen molar-refractivity contribution in [3.8, 4) is 11.5 Å². The summed E-state index contributed by atoms with van der Waals surface area (Å²) in [5, 5.41) is 17.5. The molecule has 0 spiro atoms. The summed E-state index contributed by atoms with van der Waals surface area (Å²) < 4.78 is 1.94. The number of carbonyl (C=O) groups is 2. The number of aliphatic carboxylic acids is 1. The Morgan fingerprint density at radius 2 is 2.06 bits per heavy atom. The first-order valence-corrected chi connectivity index (χ1v) is 10.7. The molecule has 1 aromatic carbocycles. The number of amides is 1. The zero-order chi connectivity index (χ0) is 22.4. The van der Waals surface area contributed by atoms with E-state index in [1.165, 1.54) is 0 Å². The molecule has 5 rings (SSSR count). The second-order valence-electron chi connectivity index (χ2n) is 8.54. The van der Waals surface area contributed by atoms with E-state index in [1.807, 2.05) is 59.7 Å². The molecular formula is C23H24N6O3. The lowest BCUT2D eigenvalue weighted by Crippen LogP contribution is -2.24. The van der Waals surface area contributed by atoms with Crippen LogP contribution in [-0.4, -0.2) is 49.8 Å². The smallest absolute Gasteiger partial charge is 0.308 e. The Balaban J connectivity index is 1.41. The van der Waals surface area contributed by atoms with Crippen LogP contribution in [0, 0.1) is 5.92 Å². The molecule has 1 unspecified atom stereocenters. The summed E-state index contributed by atoms with van der Waals surface area (Å²) in [7, 11) is 0. The molecule has 1 amide bonds. The summed E-state index contributed by atoms with van der Waals surface area (Å²) in [6, 6.07) is 11.5. The highest BCUT2D eigenvalue weighted by molar-refractivity contribution is 6.10. The van der Waals surface area contributed by atoms with Crippen molar-refractivity contribution in [3.63, 3.8) is 0 Å². The zero-order valence-electron chi connectivity index (χ0n) is 18.0. The lowest BCUT2D eigenvalue weighted by molar-refractivity contribution is -0.140. The zero-order valence-corrected chi connectivity index (χ0v) is 18.0. The number of anilines is 2. The Hall–Kier alpha value is -3.75. The largest absolute Gasteiger partial charge is 0.481 e. The van der Waals surface area contributed by atoms with Crippen LogP contribution in [0.15, 0.2) is 42.7 Å². The Morgan fingerprint density at radius 3 is 2.81 bits per heavy atom. The van der Waals surface area contributed by atoms with Crippen LogP contribution in [0.4, 0.5) is 11.5 Å². The van der Waals surface area contributed by atoms with Gasteiger partial charge in [0.15, 0.2) is 5.82 Å². The van der Waals surface area contributed by atoms with E-state index >= 15 is 0 Å². The molecule has 1 atom stereocenters. The summed E-state index contributed by atoms with van der Waals surface area (Å²) >= 11 is 0. The van der Waals surface area contributed by atoms with E-state index in [-0.39, 0.29) is 17.9 Å². The molecule has 2 aliphatic heterocycles. The van der Waals surface area contributed by atoms with E-state index in [1.54, 1.807) is 11.2 Å². The van der Waals surface area contributed by atoms with Gasteiger partial charge in [-0.25, -0.2) is 4.98 Å². The Labute approximate surface area is 185 Å². The van der Waals surface area contributed by atoms with Crippen molar-refractivity contribution in [1.82, 2.24) is 19.7 Å². The maximum Gasteiger partial charge on any atom is 0.308 e. The second-order valence-corrected chi connectivity index (χ2v) is 8.54. The number of pyridine rings is 1. The third-order valence-corrected chi connectivity index (χ3v) is 6.17. The quantitative estimate of drug-likeness (QED) is 0.661. The molecular weight excluding hydrogens is 408 g/mol. The highest BCUT2D eigenvalue weighted by Crippen LogP contribution is 2.33. The Kier molecular flexibility index (Phi) is 4.88. The molecule has 1 fully saturated rings.